The third-order valence-corrected chi connectivity index (χ3v) is 4.79. The molecule has 1 aliphatic carbocycles. The van der Waals surface area contributed by atoms with Crippen molar-refractivity contribution in [2.24, 2.45) is 11.8 Å². The lowest BCUT2D eigenvalue weighted by Crippen LogP contribution is -2.31. The van der Waals surface area contributed by atoms with Crippen LogP contribution in [0.15, 0.2) is 28.7 Å². The van der Waals surface area contributed by atoms with Crippen molar-refractivity contribution in [2.75, 3.05) is 13.1 Å². The van der Waals surface area contributed by atoms with Gasteiger partial charge in [-0.05, 0) is 55.3 Å². The molecule has 2 nitrogen and oxygen atoms in total. The van der Waals surface area contributed by atoms with Gasteiger partial charge >= 0.3 is 0 Å². The van der Waals surface area contributed by atoms with Gasteiger partial charge in [0.05, 0.1) is 12.2 Å². The van der Waals surface area contributed by atoms with Gasteiger partial charge in [0.15, 0.2) is 0 Å². The zero-order chi connectivity index (χ0) is 15.2. The number of hydrogen-bond donors (Lipinski definition) is 1. The van der Waals surface area contributed by atoms with Crippen LogP contribution in [-0.2, 0) is 4.74 Å². The highest BCUT2D eigenvalue weighted by atomic mass is 79.9. The molecule has 1 aromatic carbocycles. The Kier molecular flexibility index (Phi) is 6.72. The minimum Gasteiger partial charge on any atom is -0.369 e. The zero-order valence-electron chi connectivity index (χ0n) is 13.4. The number of likely N-dealkylation sites (N-methyl/N-ethyl adjacent to an activating group) is 1. The first kappa shape index (κ1) is 17.0. The van der Waals surface area contributed by atoms with Gasteiger partial charge in [-0.1, -0.05) is 48.8 Å². The summed E-state index contributed by atoms with van der Waals surface area (Å²) in [6, 6.07) is 8.51. The van der Waals surface area contributed by atoms with E-state index in [1.165, 1.54) is 24.8 Å². The van der Waals surface area contributed by atoms with Crippen molar-refractivity contribution in [1.82, 2.24) is 5.32 Å². The van der Waals surface area contributed by atoms with Crippen LogP contribution in [-0.4, -0.2) is 19.2 Å². The lowest BCUT2D eigenvalue weighted by molar-refractivity contribution is -0.0495. The Morgan fingerprint density at radius 1 is 1.24 bits per heavy atom. The predicted molar refractivity (Wildman–Crippen MR) is 92.5 cm³/mol. The van der Waals surface area contributed by atoms with Gasteiger partial charge in [0.1, 0.15) is 0 Å². The maximum absolute atomic E-state index is 6.49. The van der Waals surface area contributed by atoms with E-state index in [1.54, 1.807) is 0 Å². The van der Waals surface area contributed by atoms with Crippen molar-refractivity contribution >= 4 is 15.9 Å². The Hall–Kier alpha value is -0.380. The average Bonchev–Trinajstić information content (AvgIpc) is 2.42. The summed E-state index contributed by atoms with van der Waals surface area (Å²) in [5.41, 5.74) is 1.26. The summed E-state index contributed by atoms with van der Waals surface area (Å²) in [5, 5.41) is 3.44. The van der Waals surface area contributed by atoms with E-state index in [4.69, 9.17) is 4.74 Å². The average molecular weight is 354 g/mol. The molecular weight excluding hydrogens is 326 g/mol. The highest BCUT2D eigenvalue weighted by Gasteiger charge is 2.27. The molecule has 0 aromatic heterocycles. The van der Waals surface area contributed by atoms with Crippen molar-refractivity contribution in [3.8, 4) is 0 Å². The van der Waals surface area contributed by atoms with Gasteiger partial charge in [0, 0.05) is 11.0 Å². The Morgan fingerprint density at radius 2 is 1.95 bits per heavy atom. The van der Waals surface area contributed by atoms with Gasteiger partial charge in [-0.2, -0.15) is 0 Å². The van der Waals surface area contributed by atoms with Gasteiger partial charge in [-0.3, -0.25) is 0 Å². The minimum absolute atomic E-state index is 0.143. The molecule has 1 fully saturated rings. The standard InChI is InChI=1S/C18H28BrNO/c1-4-20-12-18(15-6-5-7-16(19)11-15)21-17-9-13(2)8-14(3)10-17/h5-7,11,13-14,17-18,20H,4,8-10,12H2,1-3H3. The Bertz CT molecular complexity index is 427. The summed E-state index contributed by atoms with van der Waals surface area (Å²) >= 11 is 3.57. The molecule has 0 amide bonds. The van der Waals surface area contributed by atoms with Crippen LogP contribution >= 0.6 is 15.9 Å². The fourth-order valence-corrected chi connectivity index (χ4v) is 3.86. The molecule has 3 atom stereocenters. The molecule has 0 radical (unpaired) electrons. The smallest absolute Gasteiger partial charge is 0.0953 e. The summed E-state index contributed by atoms with van der Waals surface area (Å²) in [6.45, 7) is 8.70. The molecule has 3 heteroatoms. The first-order valence-electron chi connectivity index (χ1n) is 8.20. The van der Waals surface area contributed by atoms with Crippen LogP contribution < -0.4 is 5.32 Å². The quantitative estimate of drug-likeness (QED) is 0.781. The first-order chi connectivity index (χ1) is 10.1. The van der Waals surface area contributed by atoms with Crippen LogP contribution in [0.1, 0.15) is 51.7 Å². The molecule has 0 saturated heterocycles. The van der Waals surface area contributed by atoms with Crippen LogP contribution in [0.3, 0.4) is 0 Å². The molecule has 0 bridgehead atoms. The summed E-state index contributed by atoms with van der Waals surface area (Å²) in [6.07, 6.45) is 4.27. The van der Waals surface area contributed by atoms with Crippen LogP contribution in [0.4, 0.5) is 0 Å². The molecular formula is C18H28BrNO. The van der Waals surface area contributed by atoms with Crippen molar-refractivity contribution in [2.45, 2.75) is 52.2 Å². The second-order valence-corrected chi connectivity index (χ2v) is 7.44. The number of hydrogen-bond acceptors (Lipinski definition) is 2. The lowest BCUT2D eigenvalue weighted by atomic mass is 9.81. The second kappa shape index (κ2) is 8.30. The van der Waals surface area contributed by atoms with E-state index in [9.17, 15) is 0 Å². The van der Waals surface area contributed by atoms with Gasteiger partial charge in [0.25, 0.3) is 0 Å². The van der Waals surface area contributed by atoms with Crippen LogP contribution in [0, 0.1) is 11.8 Å². The highest BCUT2D eigenvalue weighted by molar-refractivity contribution is 9.10. The van der Waals surface area contributed by atoms with E-state index < -0.39 is 0 Å². The Morgan fingerprint density at radius 3 is 2.57 bits per heavy atom. The van der Waals surface area contributed by atoms with Crippen LogP contribution in [0.5, 0.6) is 0 Å². The van der Waals surface area contributed by atoms with E-state index in [1.807, 2.05) is 0 Å². The third-order valence-electron chi connectivity index (χ3n) is 4.29. The molecule has 1 aliphatic rings. The van der Waals surface area contributed by atoms with E-state index in [2.05, 4.69) is 66.3 Å². The molecule has 1 aromatic rings. The predicted octanol–water partition coefficient (Wildman–Crippen LogP) is 4.94. The molecule has 1 N–H and O–H groups in total. The van der Waals surface area contributed by atoms with E-state index >= 15 is 0 Å². The molecule has 0 aliphatic heterocycles. The molecule has 0 heterocycles. The van der Waals surface area contributed by atoms with E-state index in [-0.39, 0.29) is 6.10 Å². The monoisotopic (exact) mass is 353 g/mol. The molecule has 118 valence electrons. The van der Waals surface area contributed by atoms with Gasteiger partial charge < -0.3 is 10.1 Å². The van der Waals surface area contributed by atoms with Crippen molar-refractivity contribution < 1.29 is 4.74 Å². The van der Waals surface area contributed by atoms with Gasteiger partial charge in [-0.25, -0.2) is 0 Å². The number of ether oxygens (including phenoxy) is 1. The Labute approximate surface area is 137 Å². The van der Waals surface area contributed by atoms with Crippen molar-refractivity contribution in [1.29, 1.82) is 0 Å². The fourth-order valence-electron chi connectivity index (χ4n) is 3.44. The van der Waals surface area contributed by atoms with Gasteiger partial charge in [0.2, 0.25) is 0 Å². The largest absolute Gasteiger partial charge is 0.369 e. The summed E-state index contributed by atoms with van der Waals surface area (Å²) in [4.78, 5) is 0. The van der Waals surface area contributed by atoms with Crippen LogP contribution in [0.25, 0.3) is 0 Å². The molecule has 2 rings (SSSR count). The topological polar surface area (TPSA) is 21.3 Å². The number of nitrogens with one attached hydrogen (secondary N) is 1. The SMILES string of the molecule is CCNCC(OC1CC(C)CC(C)C1)c1cccc(Br)c1. The maximum Gasteiger partial charge on any atom is 0.0953 e. The number of halogens is 1. The molecule has 1 saturated carbocycles. The number of benzene rings is 1. The summed E-state index contributed by atoms with van der Waals surface area (Å²) in [5.74, 6) is 1.56. The van der Waals surface area contributed by atoms with Crippen molar-refractivity contribution in [3.63, 3.8) is 0 Å². The molecule has 21 heavy (non-hydrogen) atoms. The third kappa shape index (κ3) is 5.39. The lowest BCUT2D eigenvalue weighted by Gasteiger charge is -2.34. The number of rotatable bonds is 6. The summed E-state index contributed by atoms with van der Waals surface area (Å²) < 4.78 is 7.61. The molecule has 3 unspecified atom stereocenters. The zero-order valence-corrected chi connectivity index (χ0v) is 15.0. The van der Waals surface area contributed by atoms with E-state index in [0.29, 0.717) is 6.10 Å². The van der Waals surface area contributed by atoms with Crippen molar-refractivity contribution in [3.05, 3.63) is 34.3 Å². The highest BCUT2D eigenvalue weighted by Crippen LogP contribution is 2.33. The van der Waals surface area contributed by atoms with E-state index in [0.717, 1.165) is 29.4 Å². The van der Waals surface area contributed by atoms with Crippen LogP contribution in [0.2, 0.25) is 0 Å². The molecule has 0 spiro atoms. The Balaban J connectivity index is 2.05. The maximum atomic E-state index is 6.49. The fraction of sp³-hybridized carbons (Fsp3) is 0.667. The van der Waals surface area contributed by atoms with Gasteiger partial charge in [-0.15, -0.1) is 0 Å². The normalized spacial score (nSPS) is 27.5. The second-order valence-electron chi connectivity index (χ2n) is 6.53. The minimum atomic E-state index is 0.143. The first-order valence-corrected chi connectivity index (χ1v) is 8.99. The summed E-state index contributed by atoms with van der Waals surface area (Å²) in [7, 11) is 0.